The molecular weight excluding hydrogens is 422 g/mol. The average molecular weight is 464 g/mol. The number of rotatable bonds is 10. The molecule has 2 fully saturated rings. The molecule has 2 atom stereocenters. The van der Waals surface area contributed by atoms with E-state index in [2.05, 4.69) is 21.7 Å². The average Bonchev–Trinajstić information content (AvgIpc) is 3.29. The van der Waals surface area contributed by atoms with Gasteiger partial charge in [-0.3, -0.25) is 19.4 Å². The number of carbonyl (C=O) groups excluding carboxylic acids is 2. The highest BCUT2D eigenvalue weighted by Gasteiger charge is 2.32. The summed E-state index contributed by atoms with van der Waals surface area (Å²) >= 11 is 0. The highest BCUT2D eigenvalue weighted by Crippen LogP contribution is 2.21. The first-order chi connectivity index (χ1) is 15.9. The van der Waals surface area contributed by atoms with Crippen LogP contribution in [0.1, 0.15) is 62.8 Å². The van der Waals surface area contributed by atoms with E-state index in [0.717, 1.165) is 58.4 Å². The lowest BCUT2D eigenvalue weighted by Gasteiger charge is -2.35. The second-order valence-corrected chi connectivity index (χ2v) is 9.25. The Morgan fingerprint density at radius 3 is 2.52 bits per heavy atom. The van der Waals surface area contributed by atoms with Gasteiger partial charge >= 0.3 is 0 Å². The van der Waals surface area contributed by atoms with E-state index in [-0.39, 0.29) is 23.8 Å². The first kappa shape index (κ1) is 25.6. The Morgan fingerprint density at radius 1 is 1.15 bits per heavy atom. The van der Waals surface area contributed by atoms with Gasteiger partial charge in [0.1, 0.15) is 6.26 Å². The molecule has 0 radical (unpaired) electrons. The van der Waals surface area contributed by atoms with Crippen molar-refractivity contribution in [3.63, 3.8) is 0 Å². The second kappa shape index (κ2) is 12.5. The van der Waals surface area contributed by atoms with Crippen molar-refractivity contribution >= 4 is 11.8 Å². The van der Waals surface area contributed by atoms with Gasteiger partial charge in [-0.25, -0.2) is 4.98 Å². The summed E-state index contributed by atoms with van der Waals surface area (Å²) < 4.78 is 5.62. The van der Waals surface area contributed by atoms with E-state index in [1.54, 1.807) is 4.90 Å². The second-order valence-electron chi connectivity index (χ2n) is 9.25. The molecule has 2 aliphatic rings. The predicted octanol–water partition coefficient (Wildman–Crippen LogP) is 1.67. The molecule has 0 spiro atoms. The van der Waals surface area contributed by atoms with Gasteiger partial charge in [-0.05, 0) is 33.1 Å². The maximum atomic E-state index is 13.0. The van der Waals surface area contributed by atoms with Crippen LogP contribution in [0.3, 0.4) is 0 Å². The molecule has 9 heteroatoms. The fourth-order valence-electron chi connectivity index (χ4n) is 4.84. The summed E-state index contributed by atoms with van der Waals surface area (Å²) in [7, 11) is 0. The van der Waals surface area contributed by atoms with Gasteiger partial charge in [-0.1, -0.05) is 13.3 Å². The van der Waals surface area contributed by atoms with Crippen molar-refractivity contribution in [2.75, 3.05) is 58.9 Å². The van der Waals surface area contributed by atoms with E-state index in [1.165, 1.54) is 6.26 Å². The molecular formula is C24H41N5O4. The topological polar surface area (TPSA) is 93.4 Å². The number of aliphatic hydroxyl groups excluding tert-OH is 1. The van der Waals surface area contributed by atoms with Crippen LogP contribution in [0.5, 0.6) is 0 Å². The third-order valence-electron chi connectivity index (χ3n) is 6.82. The maximum Gasteiger partial charge on any atom is 0.275 e. The van der Waals surface area contributed by atoms with Crippen molar-refractivity contribution in [2.45, 2.75) is 59.1 Å². The molecule has 0 aromatic carbocycles. The largest absolute Gasteiger partial charge is 0.447 e. The molecule has 33 heavy (non-hydrogen) atoms. The van der Waals surface area contributed by atoms with Crippen molar-refractivity contribution in [3.8, 4) is 0 Å². The number of nitrogens with zero attached hydrogens (tertiary/aromatic N) is 5. The van der Waals surface area contributed by atoms with E-state index in [1.807, 2.05) is 18.7 Å². The van der Waals surface area contributed by atoms with Crippen molar-refractivity contribution in [2.24, 2.45) is 5.92 Å². The highest BCUT2D eigenvalue weighted by molar-refractivity contribution is 5.92. The number of β-amino-alcohol motifs (C(OH)–C–C–N with tert-alkyl or cyclic N) is 1. The zero-order valence-electron chi connectivity index (χ0n) is 20.5. The summed E-state index contributed by atoms with van der Waals surface area (Å²) in [5.74, 6) is 0.392. The van der Waals surface area contributed by atoms with Crippen LogP contribution in [0, 0.1) is 5.92 Å². The van der Waals surface area contributed by atoms with Gasteiger partial charge in [-0.15, -0.1) is 0 Å². The summed E-state index contributed by atoms with van der Waals surface area (Å²) in [6, 6.07) is 0. The van der Waals surface area contributed by atoms with E-state index in [0.29, 0.717) is 44.3 Å². The first-order valence-corrected chi connectivity index (χ1v) is 12.6. The van der Waals surface area contributed by atoms with E-state index in [4.69, 9.17) is 4.42 Å². The molecule has 1 aromatic heterocycles. The number of aliphatic hydroxyl groups is 1. The molecule has 2 amide bonds. The number of hydrogen-bond donors (Lipinski definition) is 1. The summed E-state index contributed by atoms with van der Waals surface area (Å²) in [6.45, 7) is 13.4. The lowest BCUT2D eigenvalue weighted by atomic mass is 9.96. The zero-order valence-corrected chi connectivity index (χ0v) is 20.5. The number of amides is 2. The molecule has 0 unspecified atom stereocenters. The molecule has 1 aromatic rings. The fraction of sp³-hybridized carbons (Fsp3) is 0.792. The molecule has 2 saturated heterocycles. The van der Waals surface area contributed by atoms with Gasteiger partial charge in [0.25, 0.3) is 5.91 Å². The Balaban J connectivity index is 1.49. The first-order valence-electron chi connectivity index (χ1n) is 12.6. The monoisotopic (exact) mass is 463 g/mol. The van der Waals surface area contributed by atoms with Crippen LogP contribution in [-0.4, -0.2) is 107 Å². The Bertz CT molecular complexity index is 758. The van der Waals surface area contributed by atoms with Gasteiger partial charge in [0.2, 0.25) is 11.8 Å². The summed E-state index contributed by atoms with van der Waals surface area (Å²) in [6.07, 6.45) is 4.69. The van der Waals surface area contributed by atoms with E-state index < -0.39 is 0 Å². The van der Waals surface area contributed by atoms with Crippen LogP contribution in [0.15, 0.2) is 10.7 Å². The van der Waals surface area contributed by atoms with Crippen LogP contribution in [-0.2, 0) is 11.3 Å². The van der Waals surface area contributed by atoms with Crippen LogP contribution in [0.4, 0.5) is 0 Å². The molecule has 0 bridgehead atoms. The Kier molecular flexibility index (Phi) is 9.70. The molecule has 1 N–H and O–H groups in total. The van der Waals surface area contributed by atoms with Crippen LogP contribution in [0.25, 0.3) is 0 Å². The number of piperidine rings is 1. The van der Waals surface area contributed by atoms with Crippen molar-refractivity contribution in [3.05, 3.63) is 17.8 Å². The van der Waals surface area contributed by atoms with Crippen molar-refractivity contribution in [1.29, 1.82) is 0 Å². The minimum absolute atomic E-state index is 0.138. The molecule has 2 aliphatic heterocycles. The molecule has 9 nitrogen and oxygen atoms in total. The Morgan fingerprint density at radius 2 is 1.85 bits per heavy atom. The van der Waals surface area contributed by atoms with Gasteiger partial charge < -0.3 is 19.3 Å². The summed E-state index contributed by atoms with van der Waals surface area (Å²) in [4.78, 5) is 38.4. The van der Waals surface area contributed by atoms with Crippen LogP contribution in [0.2, 0.25) is 0 Å². The molecule has 0 aliphatic carbocycles. The maximum absolute atomic E-state index is 13.0. The minimum Gasteiger partial charge on any atom is -0.447 e. The Hall–Kier alpha value is -1.97. The Labute approximate surface area is 197 Å². The van der Waals surface area contributed by atoms with Gasteiger partial charge in [-0.2, -0.15) is 0 Å². The summed E-state index contributed by atoms with van der Waals surface area (Å²) in [5, 5.41) is 10.0. The predicted molar refractivity (Wildman–Crippen MR) is 126 cm³/mol. The quantitative estimate of drug-likeness (QED) is 0.564. The van der Waals surface area contributed by atoms with Crippen LogP contribution < -0.4 is 0 Å². The molecule has 3 heterocycles. The number of oxazole rings is 1. The lowest BCUT2D eigenvalue weighted by Crippen LogP contribution is -2.48. The molecule has 0 saturated carbocycles. The van der Waals surface area contributed by atoms with E-state index >= 15 is 0 Å². The normalized spacial score (nSPS) is 21.2. The number of hydrogen-bond acceptors (Lipinski definition) is 7. The van der Waals surface area contributed by atoms with Crippen molar-refractivity contribution < 1.29 is 19.1 Å². The standard InChI is InChI=1S/C24H41N5O4/c1-4-8-20(30)16-26-11-13-27(14-12-26)17-22-25-21(18-33-22)24(32)29-10-7-9-19(15-29)23(31)28(5-2)6-3/h18-20,30H,4-17H2,1-3H3/t19-,20-/m0/s1. The third kappa shape index (κ3) is 7.01. The number of piperazine rings is 1. The third-order valence-corrected chi connectivity index (χ3v) is 6.82. The number of aromatic nitrogens is 1. The zero-order chi connectivity index (χ0) is 23.8. The summed E-state index contributed by atoms with van der Waals surface area (Å²) in [5.41, 5.74) is 0.322. The smallest absolute Gasteiger partial charge is 0.275 e. The number of carbonyl (C=O) groups is 2. The van der Waals surface area contributed by atoms with Gasteiger partial charge in [0, 0.05) is 58.9 Å². The van der Waals surface area contributed by atoms with E-state index in [9.17, 15) is 14.7 Å². The van der Waals surface area contributed by atoms with Crippen LogP contribution >= 0.6 is 0 Å². The minimum atomic E-state index is -0.251. The highest BCUT2D eigenvalue weighted by atomic mass is 16.3. The van der Waals surface area contributed by atoms with Gasteiger partial charge in [0.05, 0.1) is 18.6 Å². The van der Waals surface area contributed by atoms with Crippen molar-refractivity contribution in [1.82, 2.24) is 24.6 Å². The lowest BCUT2D eigenvalue weighted by molar-refractivity contribution is -0.136. The molecule has 3 rings (SSSR count). The molecule has 186 valence electrons. The fourth-order valence-corrected chi connectivity index (χ4v) is 4.84. The number of likely N-dealkylation sites (tertiary alicyclic amines) is 1. The SMILES string of the molecule is CCC[C@H](O)CN1CCN(Cc2nc(C(=O)N3CCC[C@H](C(=O)N(CC)CC)C3)co2)CC1. The van der Waals surface area contributed by atoms with Gasteiger partial charge in [0.15, 0.2) is 5.69 Å².